The Kier molecular flexibility index (Phi) is 6.32. The van der Waals surface area contributed by atoms with E-state index in [1.54, 1.807) is 24.5 Å². The predicted octanol–water partition coefficient (Wildman–Crippen LogP) is 1.28. The van der Waals surface area contributed by atoms with Crippen LogP contribution in [0.2, 0.25) is 10.0 Å². The van der Waals surface area contributed by atoms with Crippen LogP contribution in [0.5, 0.6) is 0 Å². The maximum Gasteiger partial charge on any atom is 0.257 e. The first kappa shape index (κ1) is 18.7. The number of nitrogens with one attached hydrogen (secondary N) is 1. The lowest BCUT2D eigenvalue weighted by molar-refractivity contribution is -0.121. The molecule has 7 nitrogen and oxygen atoms in total. The van der Waals surface area contributed by atoms with Crippen molar-refractivity contribution in [2.75, 3.05) is 6.54 Å². The molecular formula is C16H15Cl2N5O2. The molecule has 5 N–H and O–H groups in total. The Morgan fingerprint density at radius 1 is 1.20 bits per heavy atom. The minimum absolute atomic E-state index is 0.0392. The minimum atomic E-state index is -0.666. The van der Waals surface area contributed by atoms with E-state index in [-0.39, 0.29) is 17.9 Å². The van der Waals surface area contributed by atoms with Crippen LogP contribution in [-0.2, 0) is 16.0 Å². The molecule has 130 valence electrons. The van der Waals surface area contributed by atoms with Crippen LogP contribution in [0.3, 0.4) is 0 Å². The minimum Gasteiger partial charge on any atom is -0.404 e. The van der Waals surface area contributed by atoms with E-state index in [9.17, 15) is 9.59 Å². The van der Waals surface area contributed by atoms with Gasteiger partial charge in [-0.3, -0.25) is 9.59 Å². The highest BCUT2D eigenvalue weighted by Crippen LogP contribution is 2.23. The fourth-order valence-corrected chi connectivity index (χ4v) is 2.46. The molecule has 0 atom stereocenters. The van der Waals surface area contributed by atoms with E-state index in [0.29, 0.717) is 16.5 Å². The Hall–Kier alpha value is -2.64. The van der Waals surface area contributed by atoms with Gasteiger partial charge >= 0.3 is 0 Å². The van der Waals surface area contributed by atoms with Crippen LogP contribution in [0.25, 0.3) is 5.57 Å². The molecule has 0 aliphatic rings. The van der Waals surface area contributed by atoms with Crippen molar-refractivity contribution in [3.63, 3.8) is 0 Å². The quantitative estimate of drug-likeness (QED) is 0.651. The predicted molar refractivity (Wildman–Crippen MR) is 95.7 cm³/mol. The van der Waals surface area contributed by atoms with E-state index < -0.39 is 11.8 Å². The van der Waals surface area contributed by atoms with Crippen LogP contribution in [0.4, 0.5) is 0 Å². The average Bonchev–Trinajstić information content (AvgIpc) is 2.57. The molecule has 0 saturated carbocycles. The lowest BCUT2D eigenvalue weighted by atomic mass is 10.1. The molecule has 0 radical (unpaired) electrons. The molecule has 2 aromatic rings. The van der Waals surface area contributed by atoms with Crippen LogP contribution in [0.1, 0.15) is 17.0 Å². The van der Waals surface area contributed by atoms with Gasteiger partial charge in [-0.1, -0.05) is 29.3 Å². The summed E-state index contributed by atoms with van der Waals surface area (Å²) in [7, 11) is 0. The van der Waals surface area contributed by atoms with Gasteiger partial charge in [-0.05, 0) is 23.3 Å². The highest BCUT2D eigenvalue weighted by Gasteiger charge is 2.15. The molecule has 0 bridgehead atoms. The number of rotatable bonds is 6. The Balaban J connectivity index is 2.12. The first-order valence-electron chi connectivity index (χ1n) is 7.14. The molecule has 9 heteroatoms. The molecule has 2 amide bonds. The topological polar surface area (TPSA) is 124 Å². The number of hydrogen-bond acceptors (Lipinski definition) is 5. The van der Waals surface area contributed by atoms with Crippen molar-refractivity contribution in [3.8, 4) is 0 Å². The molecule has 0 fully saturated rings. The summed E-state index contributed by atoms with van der Waals surface area (Å²) in [4.78, 5) is 31.0. The second-order valence-electron chi connectivity index (χ2n) is 5.06. The van der Waals surface area contributed by atoms with Gasteiger partial charge in [0.2, 0.25) is 5.91 Å². The summed E-state index contributed by atoms with van der Waals surface area (Å²) in [6.07, 6.45) is 4.71. The third-order valence-electron chi connectivity index (χ3n) is 3.19. The van der Waals surface area contributed by atoms with Crippen LogP contribution < -0.4 is 16.8 Å². The molecule has 1 aromatic carbocycles. The molecule has 0 spiro atoms. The largest absolute Gasteiger partial charge is 0.404 e. The van der Waals surface area contributed by atoms with Crippen molar-refractivity contribution < 1.29 is 9.59 Å². The maximum absolute atomic E-state index is 12.0. The molecule has 1 aromatic heterocycles. The number of amides is 2. The van der Waals surface area contributed by atoms with E-state index in [1.807, 2.05) is 6.07 Å². The molecule has 0 aliphatic carbocycles. The zero-order chi connectivity index (χ0) is 18.4. The monoisotopic (exact) mass is 379 g/mol. The Morgan fingerprint density at radius 3 is 2.44 bits per heavy atom. The average molecular weight is 380 g/mol. The van der Waals surface area contributed by atoms with Crippen LogP contribution >= 0.6 is 23.2 Å². The van der Waals surface area contributed by atoms with E-state index in [4.69, 9.17) is 34.7 Å². The van der Waals surface area contributed by atoms with E-state index in [1.165, 1.54) is 0 Å². The van der Waals surface area contributed by atoms with Crippen molar-refractivity contribution in [1.29, 1.82) is 0 Å². The number of carbonyl (C=O) groups is 2. The van der Waals surface area contributed by atoms with Gasteiger partial charge in [-0.2, -0.15) is 0 Å². The summed E-state index contributed by atoms with van der Waals surface area (Å²) in [6.45, 7) is -0.302. The van der Waals surface area contributed by atoms with Crippen molar-refractivity contribution in [2.45, 2.75) is 6.42 Å². The summed E-state index contributed by atoms with van der Waals surface area (Å²) < 4.78 is 0. The van der Waals surface area contributed by atoms with Crippen molar-refractivity contribution in [1.82, 2.24) is 15.3 Å². The van der Waals surface area contributed by atoms with Gasteiger partial charge in [0.1, 0.15) is 0 Å². The van der Waals surface area contributed by atoms with Gasteiger partial charge in [-0.15, -0.1) is 0 Å². The van der Waals surface area contributed by atoms with E-state index in [2.05, 4.69) is 15.3 Å². The number of nitrogens with two attached hydrogens (primary N) is 2. The zero-order valence-electron chi connectivity index (χ0n) is 13.0. The van der Waals surface area contributed by atoms with Crippen LogP contribution in [-0.4, -0.2) is 28.3 Å². The molecule has 1 heterocycles. The van der Waals surface area contributed by atoms with E-state index in [0.717, 1.165) is 17.3 Å². The highest BCUT2D eigenvalue weighted by atomic mass is 35.5. The molecular weight excluding hydrogens is 365 g/mol. The number of carbonyl (C=O) groups excluding carboxylic acids is 2. The van der Waals surface area contributed by atoms with Crippen LogP contribution in [0, 0.1) is 0 Å². The van der Waals surface area contributed by atoms with Crippen molar-refractivity contribution in [2.24, 2.45) is 11.5 Å². The van der Waals surface area contributed by atoms with Crippen LogP contribution in [0.15, 0.2) is 36.8 Å². The summed E-state index contributed by atoms with van der Waals surface area (Å²) >= 11 is 12.0. The number of nitrogens with zero attached hydrogens (tertiary/aromatic N) is 2. The Bertz CT molecular complexity index is 822. The van der Waals surface area contributed by atoms with Gasteiger partial charge in [0.15, 0.2) is 5.82 Å². The molecule has 25 heavy (non-hydrogen) atoms. The lowest BCUT2D eigenvalue weighted by Gasteiger charge is -2.08. The molecule has 2 rings (SSSR count). The third-order valence-corrected chi connectivity index (χ3v) is 3.78. The first-order valence-corrected chi connectivity index (χ1v) is 7.90. The lowest BCUT2D eigenvalue weighted by Crippen LogP contribution is -2.34. The Morgan fingerprint density at radius 2 is 1.88 bits per heavy atom. The third kappa shape index (κ3) is 5.17. The SMILES string of the molecule is NC=C(C(=O)NCC(N)=O)c1ncc(Cc2ccc(Cl)cc2Cl)cn1. The first-order chi connectivity index (χ1) is 11.9. The molecule has 0 saturated heterocycles. The second kappa shape index (κ2) is 8.46. The molecule has 0 aliphatic heterocycles. The standard InChI is InChI=1S/C16H15Cl2N5O2/c17-11-2-1-10(13(18)4-11)3-9-6-21-15(22-7-9)12(5-19)16(25)23-8-14(20)24/h1-2,4-7H,3,8,19H2,(H2,20,24)(H,23,25). The summed E-state index contributed by atoms with van der Waals surface area (Å²) in [5.41, 5.74) is 12.1. The summed E-state index contributed by atoms with van der Waals surface area (Å²) in [5.74, 6) is -1.12. The van der Waals surface area contributed by atoms with Crippen molar-refractivity contribution in [3.05, 3.63) is 63.8 Å². The van der Waals surface area contributed by atoms with Crippen molar-refractivity contribution >= 4 is 40.6 Å². The number of halogens is 2. The number of hydrogen-bond donors (Lipinski definition) is 3. The Labute approximate surface area is 154 Å². The van der Waals surface area contributed by atoms with Gasteiger partial charge in [-0.25, -0.2) is 9.97 Å². The normalized spacial score (nSPS) is 11.2. The number of benzene rings is 1. The van der Waals surface area contributed by atoms with Gasteiger partial charge in [0.25, 0.3) is 5.91 Å². The maximum atomic E-state index is 12.0. The van der Waals surface area contributed by atoms with Gasteiger partial charge in [0.05, 0.1) is 12.1 Å². The number of primary amides is 1. The zero-order valence-corrected chi connectivity index (χ0v) is 14.5. The summed E-state index contributed by atoms with van der Waals surface area (Å²) in [6, 6.07) is 5.23. The number of aromatic nitrogens is 2. The van der Waals surface area contributed by atoms with Gasteiger partial charge in [0, 0.05) is 35.1 Å². The summed E-state index contributed by atoms with van der Waals surface area (Å²) in [5, 5.41) is 3.43. The fourth-order valence-electron chi connectivity index (χ4n) is 1.98. The fraction of sp³-hybridized carbons (Fsp3) is 0.125. The highest BCUT2D eigenvalue weighted by molar-refractivity contribution is 6.35. The second-order valence-corrected chi connectivity index (χ2v) is 5.90. The van der Waals surface area contributed by atoms with Gasteiger partial charge < -0.3 is 16.8 Å². The smallest absolute Gasteiger partial charge is 0.257 e. The van der Waals surface area contributed by atoms with E-state index >= 15 is 0 Å². The molecule has 0 unspecified atom stereocenters.